The quantitative estimate of drug-likeness (QED) is 0.607. The van der Waals surface area contributed by atoms with Crippen molar-refractivity contribution in [2.75, 3.05) is 27.3 Å². The van der Waals surface area contributed by atoms with Crippen LogP contribution in [0.1, 0.15) is 34.1 Å². The molecule has 0 saturated carbocycles. The number of hydrogen-bond acceptors (Lipinski definition) is 2. The molecule has 0 amide bonds. The molecule has 1 aliphatic rings. The van der Waals surface area contributed by atoms with Gasteiger partial charge in [-0.05, 0) is 33.4 Å². The molecule has 0 unspecified atom stereocenters. The van der Waals surface area contributed by atoms with Gasteiger partial charge in [-0.15, -0.1) is 0 Å². The molecule has 1 fully saturated rings. The molecule has 0 N–H and O–H groups in total. The van der Waals surface area contributed by atoms with E-state index < -0.39 is 0 Å². The first kappa shape index (κ1) is 14.4. The molecule has 12 heavy (non-hydrogen) atoms. The van der Waals surface area contributed by atoms with Crippen LogP contribution in [0.25, 0.3) is 0 Å². The van der Waals surface area contributed by atoms with E-state index in [1.807, 2.05) is 13.8 Å². The van der Waals surface area contributed by atoms with Crippen LogP contribution in [0.4, 0.5) is 0 Å². The standard InChI is InChI=1S/C6H13N.C2H6O.C2H6/c1-6(2)7-4-3-5-7;1-3-2;1-2/h6H,3-5H2,1-2H3;1-2H3;1-2H3. The number of rotatable bonds is 1. The Morgan fingerprint density at radius 1 is 1.08 bits per heavy atom. The average Bonchev–Trinajstić information content (AvgIpc) is 1.88. The molecule has 0 aliphatic carbocycles. The first-order chi connectivity index (χ1) is 5.72. The van der Waals surface area contributed by atoms with E-state index in [1.54, 1.807) is 14.2 Å². The van der Waals surface area contributed by atoms with Gasteiger partial charge in [0.25, 0.3) is 0 Å². The number of nitrogens with zero attached hydrogens (tertiary/aromatic N) is 1. The zero-order valence-corrected chi connectivity index (χ0v) is 9.55. The van der Waals surface area contributed by atoms with E-state index in [9.17, 15) is 0 Å². The highest BCUT2D eigenvalue weighted by Gasteiger charge is 2.15. The SMILES string of the molecule is CC.CC(C)N1CCC1.COC. The Bertz CT molecular complexity index is 70.2. The Kier molecular flexibility index (Phi) is 13.1. The molecule has 0 aromatic rings. The van der Waals surface area contributed by atoms with Crippen LogP contribution in [-0.4, -0.2) is 38.3 Å². The van der Waals surface area contributed by atoms with Gasteiger partial charge in [-0.2, -0.15) is 0 Å². The third kappa shape index (κ3) is 8.02. The fourth-order valence-electron chi connectivity index (χ4n) is 0.857. The van der Waals surface area contributed by atoms with E-state index in [0.29, 0.717) is 0 Å². The predicted octanol–water partition coefficient (Wildman–Crippen LogP) is 2.39. The maximum atomic E-state index is 4.25. The Balaban J connectivity index is 0. The third-order valence-electron chi connectivity index (χ3n) is 1.62. The van der Waals surface area contributed by atoms with Crippen molar-refractivity contribution >= 4 is 0 Å². The molecule has 0 spiro atoms. The smallest absolute Gasteiger partial charge is 0.0351 e. The third-order valence-corrected chi connectivity index (χ3v) is 1.62. The lowest BCUT2D eigenvalue weighted by atomic mass is 10.2. The molecule has 1 rings (SSSR count). The molecule has 1 aliphatic heterocycles. The van der Waals surface area contributed by atoms with Crippen molar-refractivity contribution in [1.82, 2.24) is 4.90 Å². The van der Waals surface area contributed by atoms with Gasteiger partial charge >= 0.3 is 0 Å². The van der Waals surface area contributed by atoms with Crippen molar-refractivity contribution < 1.29 is 4.74 Å². The minimum atomic E-state index is 0.786. The molecule has 2 heteroatoms. The van der Waals surface area contributed by atoms with E-state index in [1.165, 1.54) is 19.5 Å². The van der Waals surface area contributed by atoms with Crippen molar-refractivity contribution in [2.45, 2.75) is 40.2 Å². The molecular weight excluding hydrogens is 150 g/mol. The first-order valence-electron chi connectivity index (χ1n) is 4.86. The zero-order valence-electron chi connectivity index (χ0n) is 9.55. The highest BCUT2D eigenvalue weighted by atomic mass is 16.4. The molecular formula is C10H25NO. The topological polar surface area (TPSA) is 12.5 Å². The van der Waals surface area contributed by atoms with Gasteiger partial charge < -0.3 is 9.64 Å². The predicted molar refractivity (Wildman–Crippen MR) is 55.6 cm³/mol. The van der Waals surface area contributed by atoms with Gasteiger partial charge in [0.2, 0.25) is 0 Å². The summed E-state index contributed by atoms with van der Waals surface area (Å²) < 4.78 is 4.25. The lowest BCUT2D eigenvalue weighted by Gasteiger charge is -2.34. The van der Waals surface area contributed by atoms with Gasteiger partial charge in [0, 0.05) is 20.3 Å². The Morgan fingerprint density at radius 2 is 1.42 bits per heavy atom. The normalized spacial score (nSPS) is 15.2. The molecule has 2 nitrogen and oxygen atoms in total. The first-order valence-corrected chi connectivity index (χ1v) is 4.86. The van der Waals surface area contributed by atoms with E-state index in [2.05, 4.69) is 23.5 Å². The van der Waals surface area contributed by atoms with Crippen LogP contribution in [-0.2, 0) is 4.74 Å². The highest BCUT2D eigenvalue weighted by Crippen LogP contribution is 2.08. The lowest BCUT2D eigenvalue weighted by molar-refractivity contribution is 0.138. The molecule has 1 heterocycles. The van der Waals surface area contributed by atoms with Gasteiger partial charge in [0.15, 0.2) is 0 Å². The van der Waals surface area contributed by atoms with Gasteiger partial charge in [0.1, 0.15) is 0 Å². The molecule has 76 valence electrons. The Hall–Kier alpha value is -0.0800. The Morgan fingerprint density at radius 3 is 1.42 bits per heavy atom. The summed E-state index contributed by atoms with van der Waals surface area (Å²) in [4.78, 5) is 2.47. The average molecular weight is 175 g/mol. The van der Waals surface area contributed by atoms with Crippen LogP contribution in [0.2, 0.25) is 0 Å². The van der Waals surface area contributed by atoms with Crippen molar-refractivity contribution in [3.8, 4) is 0 Å². The number of hydrogen-bond donors (Lipinski definition) is 0. The summed E-state index contributed by atoms with van der Waals surface area (Å²) >= 11 is 0. The molecule has 1 saturated heterocycles. The van der Waals surface area contributed by atoms with E-state index >= 15 is 0 Å². The van der Waals surface area contributed by atoms with E-state index in [-0.39, 0.29) is 0 Å². The monoisotopic (exact) mass is 175 g/mol. The lowest BCUT2D eigenvalue weighted by Crippen LogP contribution is -2.41. The Labute approximate surface area is 77.9 Å². The van der Waals surface area contributed by atoms with Crippen LogP contribution < -0.4 is 0 Å². The number of methoxy groups -OCH3 is 1. The summed E-state index contributed by atoms with van der Waals surface area (Å²) in [5.41, 5.74) is 0. The van der Waals surface area contributed by atoms with Crippen LogP contribution in [0.5, 0.6) is 0 Å². The van der Waals surface area contributed by atoms with Crippen molar-refractivity contribution in [2.24, 2.45) is 0 Å². The zero-order chi connectivity index (χ0) is 9.98. The second kappa shape index (κ2) is 10.9. The van der Waals surface area contributed by atoms with Crippen molar-refractivity contribution in [1.29, 1.82) is 0 Å². The van der Waals surface area contributed by atoms with Gasteiger partial charge in [-0.25, -0.2) is 0 Å². The van der Waals surface area contributed by atoms with Crippen molar-refractivity contribution in [3.63, 3.8) is 0 Å². The fraction of sp³-hybridized carbons (Fsp3) is 1.00. The molecule has 0 radical (unpaired) electrons. The van der Waals surface area contributed by atoms with E-state index in [0.717, 1.165) is 6.04 Å². The molecule has 0 bridgehead atoms. The minimum Gasteiger partial charge on any atom is -0.388 e. The summed E-state index contributed by atoms with van der Waals surface area (Å²) in [6.07, 6.45) is 1.41. The van der Waals surface area contributed by atoms with Crippen molar-refractivity contribution in [3.05, 3.63) is 0 Å². The van der Waals surface area contributed by atoms with Gasteiger partial charge in [-0.1, -0.05) is 13.8 Å². The molecule has 0 aromatic carbocycles. The summed E-state index contributed by atoms with van der Waals surface area (Å²) in [7, 11) is 3.25. The molecule has 0 atom stereocenters. The second-order valence-corrected chi connectivity index (χ2v) is 2.89. The summed E-state index contributed by atoms with van der Waals surface area (Å²) in [5, 5.41) is 0. The van der Waals surface area contributed by atoms with E-state index in [4.69, 9.17) is 0 Å². The largest absolute Gasteiger partial charge is 0.388 e. The van der Waals surface area contributed by atoms with Gasteiger partial charge in [0.05, 0.1) is 0 Å². The van der Waals surface area contributed by atoms with Crippen LogP contribution in [0.15, 0.2) is 0 Å². The van der Waals surface area contributed by atoms with Crippen LogP contribution >= 0.6 is 0 Å². The minimum absolute atomic E-state index is 0.786. The highest BCUT2D eigenvalue weighted by molar-refractivity contribution is 4.71. The summed E-state index contributed by atoms with van der Waals surface area (Å²) in [6.45, 7) is 11.2. The number of likely N-dealkylation sites (tertiary alicyclic amines) is 1. The number of ether oxygens (including phenoxy) is 1. The van der Waals surface area contributed by atoms with Crippen LogP contribution in [0.3, 0.4) is 0 Å². The van der Waals surface area contributed by atoms with Crippen LogP contribution in [0, 0.1) is 0 Å². The maximum absolute atomic E-state index is 4.25. The maximum Gasteiger partial charge on any atom is 0.0351 e. The van der Waals surface area contributed by atoms with Gasteiger partial charge in [-0.3, -0.25) is 0 Å². The fourth-order valence-corrected chi connectivity index (χ4v) is 0.857. The second-order valence-electron chi connectivity index (χ2n) is 2.89. The molecule has 0 aromatic heterocycles. The summed E-state index contributed by atoms with van der Waals surface area (Å²) in [6, 6.07) is 0.786. The summed E-state index contributed by atoms with van der Waals surface area (Å²) in [5.74, 6) is 0.